The molecule has 334 valence electrons. The van der Waals surface area contributed by atoms with Crippen molar-refractivity contribution in [3.05, 3.63) is 47.7 Å². The molecular weight excluding hydrogens is 753 g/mol. The van der Waals surface area contributed by atoms with Crippen LogP contribution < -0.4 is 0 Å². The molecule has 8 saturated carbocycles. The molecule has 0 bridgehead atoms. The number of esters is 1. The fourth-order valence-corrected chi connectivity index (χ4v) is 18.1. The van der Waals surface area contributed by atoms with E-state index in [0.29, 0.717) is 64.9 Å². The van der Waals surface area contributed by atoms with E-state index in [4.69, 9.17) is 9.15 Å². The normalized spacial score (nSPS) is 45.8. The van der Waals surface area contributed by atoms with Gasteiger partial charge in [0.05, 0.1) is 5.92 Å². The summed E-state index contributed by atoms with van der Waals surface area (Å²) >= 11 is 0. The highest BCUT2D eigenvalue weighted by atomic mass is 16.5. The van der Waals surface area contributed by atoms with Crippen LogP contribution in [0.3, 0.4) is 0 Å². The van der Waals surface area contributed by atoms with E-state index in [0.717, 1.165) is 50.8 Å². The Labute approximate surface area is 368 Å². The second-order valence-corrected chi connectivity index (χ2v) is 26.0. The predicted octanol–water partition coefficient (Wildman–Crippen LogP) is 13.2. The Morgan fingerprint density at radius 3 is 2.08 bits per heavy atom. The van der Waals surface area contributed by atoms with E-state index in [9.17, 15) is 4.79 Å². The van der Waals surface area contributed by atoms with Crippen LogP contribution in [-0.2, 0) is 20.7 Å². The molecule has 8 aliphatic carbocycles. The van der Waals surface area contributed by atoms with Gasteiger partial charge in [-0.25, -0.2) is 0 Å². The maximum atomic E-state index is 15.3. The van der Waals surface area contributed by atoms with Gasteiger partial charge in [-0.2, -0.15) is 0 Å². The molecule has 0 N–H and O–H groups in total. The lowest BCUT2D eigenvalue weighted by molar-refractivity contribution is -0.252. The third-order valence-corrected chi connectivity index (χ3v) is 22.9. The number of Topliss-reactive ketones (excluding diaryl/α,β-unsaturated/α-hetero) is 1. The molecule has 0 spiro atoms. The van der Waals surface area contributed by atoms with Gasteiger partial charge in [0.1, 0.15) is 11.9 Å². The largest absolute Gasteiger partial charge is 0.462 e. The van der Waals surface area contributed by atoms with Gasteiger partial charge in [-0.1, -0.05) is 99.6 Å². The van der Waals surface area contributed by atoms with Crippen LogP contribution in [0.5, 0.6) is 0 Å². The third-order valence-electron chi connectivity index (χ3n) is 22.9. The van der Waals surface area contributed by atoms with E-state index in [2.05, 4.69) is 110 Å². The van der Waals surface area contributed by atoms with Crippen LogP contribution in [0.4, 0.5) is 0 Å². The summed E-state index contributed by atoms with van der Waals surface area (Å²) in [6, 6.07) is 10.8. The summed E-state index contributed by atoms with van der Waals surface area (Å²) in [7, 11) is 0. The average molecular weight is 833 g/mol. The van der Waals surface area contributed by atoms with Gasteiger partial charge in [0.15, 0.2) is 0 Å². The Hall–Kier alpha value is -2.50. The van der Waals surface area contributed by atoms with E-state index in [-0.39, 0.29) is 61.8 Å². The van der Waals surface area contributed by atoms with Gasteiger partial charge in [0, 0.05) is 30.1 Å². The molecule has 1 aromatic heterocycles. The van der Waals surface area contributed by atoms with Crippen LogP contribution in [0, 0.1) is 97.6 Å². The Morgan fingerprint density at radius 1 is 0.689 bits per heavy atom. The minimum absolute atomic E-state index is 0.0177. The highest BCUT2D eigenvalue weighted by Gasteiger charge is 2.74. The Morgan fingerprint density at radius 2 is 1.43 bits per heavy atom. The minimum Gasteiger partial charge on any atom is -0.462 e. The van der Waals surface area contributed by atoms with Crippen LogP contribution in [0.25, 0.3) is 0 Å². The lowest BCUT2D eigenvalue weighted by Crippen LogP contribution is -2.67. The van der Waals surface area contributed by atoms with Crippen molar-refractivity contribution in [2.24, 2.45) is 90.7 Å². The minimum atomic E-state index is -0.159. The molecule has 10 rings (SSSR count). The fourth-order valence-electron chi connectivity index (χ4n) is 18.1. The van der Waals surface area contributed by atoms with Crippen molar-refractivity contribution in [3.8, 4) is 0 Å². The smallest absolute Gasteiger partial charge is 0.309 e. The first-order valence-electron chi connectivity index (χ1n) is 25.2. The molecule has 0 saturated heterocycles. The van der Waals surface area contributed by atoms with Gasteiger partial charge in [0.25, 0.3) is 0 Å². The number of hydrogen-bond acceptors (Lipinski definition) is 6. The number of fused-ring (bicyclic) bond motifs is 7. The van der Waals surface area contributed by atoms with Crippen molar-refractivity contribution in [3.63, 3.8) is 0 Å². The zero-order chi connectivity index (χ0) is 43.3. The molecule has 1 heterocycles. The lowest BCUT2D eigenvalue weighted by atomic mass is 9.32. The van der Waals surface area contributed by atoms with E-state index in [1.165, 1.54) is 56.9 Å². The van der Waals surface area contributed by atoms with Gasteiger partial charge in [0.2, 0.25) is 11.8 Å². The Bertz CT molecular complexity index is 2050. The quantitative estimate of drug-likeness (QED) is 0.234. The number of carbonyl (C=O) groups excluding carboxylic acids is 2. The molecule has 14 atom stereocenters. The molecule has 8 aliphatic rings. The molecule has 6 nitrogen and oxygen atoms in total. The third kappa shape index (κ3) is 5.95. The second kappa shape index (κ2) is 13.8. The summed E-state index contributed by atoms with van der Waals surface area (Å²) in [5.74, 6) is 6.15. The molecule has 1 aromatic carbocycles. The molecule has 8 fully saturated rings. The molecule has 2 aromatic rings. The van der Waals surface area contributed by atoms with Crippen molar-refractivity contribution in [1.29, 1.82) is 0 Å². The summed E-state index contributed by atoms with van der Waals surface area (Å²) in [5.41, 5.74) is 2.17. The summed E-state index contributed by atoms with van der Waals surface area (Å²) in [6.45, 7) is 26.8. The molecule has 0 radical (unpaired) electrons. The molecule has 0 amide bonds. The van der Waals surface area contributed by atoms with Crippen LogP contribution in [0.2, 0.25) is 0 Å². The number of nitrogens with zero attached hydrogens (tertiary/aromatic N) is 2. The SMILES string of the molecule is Cc1nnc([C@H]2C[C@@H](CC(=O)[C@]34CC[C@@H](C5(C)CC5)[C@@H]3[C@H]3CC[C@@H]5[C@@]6(C)CC[C@H](OC(=O)[C@H]7C[C@@H](Cc8ccccc8)C7(C)C)C(C)(C)[C@@H]6CC[C@@]5(C)[C@]3(C)CC4)C2(C)C)o1. The Kier molecular flexibility index (Phi) is 9.58. The number of ether oxygens (including phenoxy) is 1. The molecule has 61 heavy (non-hydrogen) atoms. The predicted molar refractivity (Wildman–Crippen MR) is 240 cm³/mol. The first-order valence-corrected chi connectivity index (χ1v) is 25.2. The van der Waals surface area contributed by atoms with Crippen LogP contribution >= 0.6 is 0 Å². The average Bonchev–Trinajstić information content (AvgIpc) is 3.60. The van der Waals surface area contributed by atoms with Crippen molar-refractivity contribution in [1.82, 2.24) is 10.2 Å². The second-order valence-electron chi connectivity index (χ2n) is 26.0. The van der Waals surface area contributed by atoms with E-state index in [1.807, 2.05) is 6.92 Å². The van der Waals surface area contributed by atoms with Gasteiger partial charge < -0.3 is 9.15 Å². The first-order chi connectivity index (χ1) is 28.6. The fraction of sp³-hybridized carbons (Fsp3) is 0.818. The van der Waals surface area contributed by atoms with Gasteiger partial charge in [-0.05, 0) is 176 Å². The van der Waals surface area contributed by atoms with E-state index >= 15 is 4.79 Å². The summed E-state index contributed by atoms with van der Waals surface area (Å²) in [5, 5.41) is 8.56. The number of rotatable bonds is 9. The van der Waals surface area contributed by atoms with Gasteiger partial charge >= 0.3 is 5.97 Å². The first kappa shape index (κ1) is 42.5. The molecule has 0 aliphatic heterocycles. The number of carbonyl (C=O) groups is 2. The van der Waals surface area contributed by atoms with E-state index < -0.39 is 0 Å². The highest BCUT2D eigenvalue weighted by molar-refractivity contribution is 5.86. The maximum Gasteiger partial charge on any atom is 0.309 e. The van der Waals surface area contributed by atoms with Crippen molar-refractivity contribution in [2.45, 2.75) is 191 Å². The van der Waals surface area contributed by atoms with Crippen LogP contribution in [-0.4, -0.2) is 28.1 Å². The summed E-state index contributed by atoms with van der Waals surface area (Å²) in [6.07, 6.45) is 18.1. The number of ketones is 1. The molecule has 6 heteroatoms. The summed E-state index contributed by atoms with van der Waals surface area (Å²) in [4.78, 5) is 29.4. The lowest BCUT2D eigenvalue weighted by Gasteiger charge is -2.73. The van der Waals surface area contributed by atoms with Crippen molar-refractivity contribution in [2.75, 3.05) is 0 Å². The topological polar surface area (TPSA) is 82.3 Å². The number of aryl methyl sites for hydroxylation is 1. The monoisotopic (exact) mass is 833 g/mol. The summed E-state index contributed by atoms with van der Waals surface area (Å²) < 4.78 is 12.7. The van der Waals surface area contributed by atoms with Crippen LogP contribution in [0.1, 0.15) is 189 Å². The standard InChI is InChI=1S/C55H80N2O4/c1-33-56-57-46(60-33)39-30-36(48(39,2)3)32-43(58)55-24-19-37(51(8)25-26-51)45(55)38-17-18-42-52(9)22-21-44(50(6,7)41(52)20-23-54(42,11)53(38,10)27-28-55)61-47(59)40-31-35(49(40,4)5)29-34-15-13-12-14-16-34/h12-16,35-42,44-45H,17-32H2,1-11H3/t35-,36+,37-,38-,39-,40-,41+,42-,44+,45-,52+,53-,54-,55-/m1/s1. The highest BCUT2D eigenvalue weighted by Crippen LogP contribution is 2.79. The number of hydrogen-bond donors (Lipinski definition) is 0. The van der Waals surface area contributed by atoms with Crippen molar-refractivity contribution < 1.29 is 18.7 Å². The van der Waals surface area contributed by atoms with Gasteiger partial charge in [-0.15, -0.1) is 10.2 Å². The zero-order valence-electron chi connectivity index (χ0n) is 40.0. The maximum absolute atomic E-state index is 15.3. The van der Waals surface area contributed by atoms with E-state index in [1.54, 1.807) is 0 Å². The Balaban J connectivity index is 0.862. The molecule has 0 unspecified atom stereocenters. The zero-order valence-corrected chi connectivity index (χ0v) is 40.0. The number of aromatic nitrogens is 2. The van der Waals surface area contributed by atoms with Crippen LogP contribution in [0.15, 0.2) is 34.7 Å². The van der Waals surface area contributed by atoms with Crippen molar-refractivity contribution >= 4 is 11.8 Å². The number of benzene rings is 1. The van der Waals surface area contributed by atoms with Gasteiger partial charge in [-0.3, -0.25) is 9.59 Å². The molecular formula is C55H80N2O4.